The summed E-state index contributed by atoms with van der Waals surface area (Å²) < 4.78 is 0. The van der Waals surface area contributed by atoms with Gasteiger partial charge in [0.1, 0.15) is 0 Å². The molecule has 22 heavy (non-hydrogen) atoms. The zero-order chi connectivity index (χ0) is 17.6. The summed E-state index contributed by atoms with van der Waals surface area (Å²) in [5, 5.41) is 29.9. The number of hydrogen-bond acceptors (Lipinski definition) is 6. The fraction of sp³-hybridized carbons (Fsp3) is 0.400. The molecule has 0 aliphatic carbocycles. The zero-order valence-electron chi connectivity index (χ0n) is 13.5. The Balaban J connectivity index is -0.000000108. The summed E-state index contributed by atoms with van der Waals surface area (Å²) in [6.45, 7) is 8.09. The molecule has 0 aromatic heterocycles. The van der Waals surface area contributed by atoms with Crippen LogP contribution in [-0.4, -0.2) is 17.3 Å². The van der Waals surface area contributed by atoms with E-state index in [-0.39, 0.29) is 55.1 Å². The second-order valence-corrected chi connectivity index (χ2v) is 4.10. The third-order valence-corrected chi connectivity index (χ3v) is 1.22. The fourth-order valence-corrected chi connectivity index (χ4v) is 0.859. The molecule has 0 unspecified atom stereocenters. The van der Waals surface area contributed by atoms with Crippen molar-refractivity contribution in [2.24, 2.45) is 0 Å². The van der Waals surface area contributed by atoms with Crippen LogP contribution in [0.25, 0.3) is 0 Å². The van der Waals surface area contributed by atoms with Crippen molar-refractivity contribution in [3.8, 4) is 0 Å². The first kappa shape index (κ1) is 28.5. The molecule has 0 rings (SSSR count). The molecule has 0 fully saturated rings. The Labute approximate surface area is 144 Å². The van der Waals surface area contributed by atoms with Crippen LogP contribution in [-0.2, 0) is 34.8 Å². The predicted molar refractivity (Wildman–Crippen MR) is 73.3 cm³/mol. The molecule has 0 aromatic carbocycles. The van der Waals surface area contributed by atoms with Gasteiger partial charge in [0.2, 0.25) is 0 Å². The first-order chi connectivity index (χ1) is 9.38. The second-order valence-electron chi connectivity index (χ2n) is 4.10. The Hall–Kier alpha value is -1.71. The number of carbonyl (C=O) groups is 3. The largest absolute Gasteiger partial charge is 3.00 e. The number of allylic oxidation sites excluding steroid dienone is 6. The Morgan fingerprint density at radius 3 is 0.682 bits per heavy atom. The molecule has 0 bridgehead atoms. The Morgan fingerprint density at radius 1 is 0.545 bits per heavy atom. The molecule has 0 aliphatic rings. The van der Waals surface area contributed by atoms with Gasteiger partial charge in [-0.25, -0.2) is 0 Å². The molecular formula is C15H21O6Pd. The molecular weight excluding hydrogens is 383 g/mol. The SMILES string of the molecule is CC(=O)/C=C(/C)[O-].CC(=O)/C=C(/C)[O-].CC(=O)/C=C(/C)[O-].[Pd+3]. The minimum atomic E-state index is -0.187. The molecule has 0 aliphatic heterocycles. The van der Waals surface area contributed by atoms with Gasteiger partial charge in [0.05, 0.1) is 0 Å². The molecule has 0 N–H and O–H groups in total. The van der Waals surface area contributed by atoms with E-state index in [0.717, 1.165) is 18.2 Å². The van der Waals surface area contributed by atoms with Gasteiger partial charge in [0.15, 0.2) is 17.3 Å². The van der Waals surface area contributed by atoms with Crippen LogP contribution in [0, 0.1) is 0 Å². The normalized spacial score (nSPS) is 10.9. The summed E-state index contributed by atoms with van der Waals surface area (Å²) in [5.41, 5.74) is 0. The van der Waals surface area contributed by atoms with E-state index in [2.05, 4.69) is 0 Å². The van der Waals surface area contributed by atoms with Crippen LogP contribution in [0.15, 0.2) is 35.5 Å². The standard InChI is InChI=1S/3C5H8O2.Pd/c3*1-4(6)3-5(2)7;/h3*3,6H,1-2H3;/q;;;+3/p-3/b3*4-3-;. The van der Waals surface area contributed by atoms with Crippen molar-refractivity contribution in [1.29, 1.82) is 0 Å². The van der Waals surface area contributed by atoms with Crippen LogP contribution in [0.2, 0.25) is 0 Å². The van der Waals surface area contributed by atoms with E-state index in [0.29, 0.717) is 0 Å². The molecule has 0 amide bonds. The average Bonchev–Trinajstić information content (AvgIpc) is 2.10. The first-order valence-corrected chi connectivity index (χ1v) is 5.96. The van der Waals surface area contributed by atoms with Crippen molar-refractivity contribution in [3.05, 3.63) is 35.5 Å². The number of rotatable bonds is 3. The summed E-state index contributed by atoms with van der Waals surface area (Å²) in [4.78, 5) is 29.9. The zero-order valence-corrected chi connectivity index (χ0v) is 15.1. The maximum Gasteiger partial charge on any atom is 3.00 e. The molecule has 0 atom stereocenters. The van der Waals surface area contributed by atoms with E-state index in [1.165, 1.54) is 41.5 Å². The van der Waals surface area contributed by atoms with Crippen molar-refractivity contribution in [1.82, 2.24) is 0 Å². The first-order valence-electron chi connectivity index (χ1n) is 5.96. The van der Waals surface area contributed by atoms with Crippen molar-refractivity contribution >= 4 is 17.3 Å². The van der Waals surface area contributed by atoms with E-state index < -0.39 is 0 Å². The van der Waals surface area contributed by atoms with Gasteiger partial charge in [-0.1, -0.05) is 20.8 Å². The van der Waals surface area contributed by atoms with Crippen molar-refractivity contribution in [2.45, 2.75) is 41.5 Å². The van der Waals surface area contributed by atoms with E-state index in [1.807, 2.05) is 0 Å². The predicted octanol–water partition coefficient (Wildman–Crippen LogP) is -0.484. The van der Waals surface area contributed by atoms with E-state index in [4.69, 9.17) is 0 Å². The van der Waals surface area contributed by atoms with Gasteiger partial charge in [-0.3, -0.25) is 14.4 Å². The van der Waals surface area contributed by atoms with Crippen LogP contribution >= 0.6 is 0 Å². The van der Waals surface area contributed by atoms with E-state index in [9.17, 15) is 29.7 Å². The van der Waals surface area contributed by atoms with E-state index in [1.54, 1.807) is 0 Å². The minimum Gasteiger partial charge on any atom is -0.876 e. The van der Waals surface area contributed by atoms with Gasteiger partial charge < -0.3 is 15.3 Å². The Bertz CT molecular complexity index is 368. The summed E-state index contributed by atoms with van der Waals surface area (Å²) >= 11 is 0. The summed E-state index contributed by atoms with van der Waals surface area (Å²) in [6, 6.07) is 0. The van der Waals surface area contributed by atoms with Crippen molar-refractivity contribution in [2.75, 3.05) is 0 Å². The van der Waals surface area contributed by atoms with Gasteiger partial charge in [-0.2, -0.15) is 0 Å². The third kappa shape index (κ3) is 51.6. The van der Waals surface area contributed by atoms with Crippen LogP contribution in [0.5, 0.6) is 0 Å². The topological polar surface area (TPSA) is 120 Å². The quantitative estimate of drug-likeness (QED) is 0.356. The number of carbonyl (C=O) groups excluding carboxylic acids is 3. The summed E-state index contributed by atoms with van der Waals surface area (Å²) in [5.74, 6) is -1.12. The van der Waals surface area contributed by atoms with Crippen LogP contribution in [0.4, 0.5) is 0 Å². The van der Waals surface area contributed by atoms with Gasteiger partial charge in [-0.05, 0) is 39.0 Å². The number of ketones is 3. The van der Waals surface area contributed by atoms with Gasteiger partial charge in [-0.15, -0.1) is 17.3 Å². The molecule has 0 aromatic rings. The molecule has 0 saturated carbocycles. The second kappa shape index (κ2) is 17.3. The Kier molecular flexibility index (Phi) is 22.4. The van der Waals surface area contributed by atoms with Gasteiger partial charge >= 0.3 is 20.4 Å². The molecule has 0 heterocycles. The van der Waals surface area contributed by atoms with Crippen LogP contribution in [0.1, 0.15) is 41.5 Å². The van der Waals surface area contributed by atoms with Crippen LogP contribution in [0.3, 0.4) is 0 Å². The maximum absolute atomic E-state index is 9.98. The molecule has 1 radical (unpaired) electrons. The Morgan fingerprint density at radius 2 is 0.682 bits per heavy atom. The molecule has 6 nitrogen and oxygen atoms in total. The smallest absolute Gasteiger partial charge is 0.876 e. The molecule has 0 saturated heterocycles. The van der Waals surface area contributed by atoms with Crippen molar-refractivity contribution < 1.29 is 50.1 Å². The molecule has 127 valence electrons. The monoisotopic (exact) mass is 403 g/mol. The van der Waals surface area contributed by atoms with Gasteiger partial charge in [0.25, 0.3) is 0 Å². The van der Waals surface area contributed by atoms with Crippen LogP contribution < -0.4 is 15.3 Å². The molecule has 0 spiro atoms. The summed E-state index contributed by atoms with van der Waals surface area (Å²) in [7, 11) is 0. The molecule has 7 heteroatoms. The van der Waals surface area contributed by atoms with Crippen molar-refractivity contribution in [3.63, 3.8) is 0 Å². The van der Waals surface area contributed by atoms with Gasteiger partial charge in [0, 0.05) is 0 Å². The summed E-state index contributed by atoms with van der Waals surface area (Å²) in [6.07, 6.45) is 3.17. The maximum atomic E-state index is 9.98. The third-order valence-electron chi connectivity index (χ3n) is 1.22. The minimum absolute atomic E-state index is 0. The van der Waals surface area contributed by atoms with E-state index >= 15 is 0 Å². The average molecular weight is 404 g/mol. The fourth-order valence-electron chi connectivity index (χ4n) is 0.859. The number of hydrogen-bond donors (Lipinski definition) is 0.